The number of rotatable bonds is 10. The summed E-state index contributed by atoms with van der Waals surface area (Å²) in [6.45, 7) is 11.5. The van der Waals surface area contributed by atoms with Crippen molar-refractivity contribution in [3.63, 3.8) is 0 Å². The summed E-state index contributed by atoms with van der Waals surface area (Å²) in [7, 11) is -3.54. The molecule has 0 aliphatic carbocycles. The summed E-state index contributed by atoms with van der Waals surface area (Å²) in [6.07, 6.45) is 3.13. The van der Waals surface area contributed by atoms with Gasteiger partial charge in [-0.25, -0.2) is 0 Å². The van der Waals surface area contributed by atoms with E-state index in [-0.39, 0.29) is 18.4 Å². The third-order valence-corrected chi connectivity index (χ3v) is 8.50. The van der Waals surface area contributed by atoms with Crippen LogP contribution in [0.1, 0.15) is 52.5 Å². The Morgan fingerprint density at radius 3 is 2.38 bits per heavy atom. The SMILES string of the molecule is CCOc1ccc(CCNC(=O)[C@@H]2CCCN(S(=O)(=O)N3C[C@@H](C)C[C@H](C)C3)C2)cc1OCC. The second-order valence-electron chi connectivity index (χ2n) is 9.66. The lowest BCUT2D eigenvalue weighted by molar-refractivity contribution is -0.126. The largest absolute Gasteiger partial charge is 0.490 e. The Morgan fingerprint density at radius 2 is 1.71 bits per heavy atom. The summed E-state index contributed by atoms with van der Waals surface area (Å²) >= 11 is 0. The maximum atomic E-state index is 13.3. The molecule has 1 aromatic rings. The number of nitrogens with zero attached hydrogens (tertiary/aromatic N) is 2. The molecule has 0 radical (unpaired) electrons. The molecule has 0 unspecified atom stereocenters. The minimum Gasteiger partial charge on any atom is -0.490 e. The van der Waals surface area contributed by atoms with Crippen molar-refractivity contribution < 1.29 is 22.7 Å². The highest BCUT2D eigenvalue weighted by molar-refractivity contribution is 7.86. The zero-order valence-electron chi connectivity index (χ0n) is 21.1. The van der Waals surface area contributed by atoms with E-state index in [9.17, 15) is 13.2 Å². The molecule has 0 aromatic heterocycles. The van der Waals surface area contributed by atoms with Gasteiger partial charge in [-0.15, -0.1) is 0 Å². The average Bonchev–Trinajstić information content (AvgIpc) is 2.80. The van der Waals surface area contributed by atoms with Crippen LogP contribution in [0, 0.1) is 17.8 Å². The van der Waals surface area contributed by atoms with E-state index < -0.39 is 10.2 Å². The predicted molar refractivity (Wildman–Crippen MR) is 133 cm³/mol. The molecule has 1 aromatic carbocycles. The summed E-state index contributed by atoms with van der Waals surface area (Å²) < 4.78 is 40.9. The summed E-state index contributed by atoms with van der Waals surface area (Å²) in [5.74, 6) is 1.75. The van der Waals surface area contributed by atoms with Gasteiger partial charge < -0.3 is 14.8 Å². The highest BCUT2D eigenvalue weighted by Gasteiger charge is 2.38. The van der Waals surface area contributed by atoms with Crippen LogP contribution in [0.25, 0.3) is 0 Å². The van der Waals surface area contributed by atoms with E-state index in [0.717, 1.165) is 17.7 Å². The lowest BCUT2D eigenvalue weighted by atomic mass is 9.94. The minimum absolute atomic E-state index is 0.0729. The Balaban J connectivity index is 1.54. The van der Waals surface area contributed by atoms with E-state index in [1.54, 1.807) is 4.31 Å². The molecule has 2 aliphatic heterocycles. The van der Waals surface area contributed by atoms with Gasteiger partial charge in [-0.05, 0) is 69.1 Å². The smallest absolute Gasteiger partial charge is 0.282 e. The van der Waals surface area contributed by atoms with Crippen molar-refractivity contribution in [3.8, 4) is 11.5 Å². The average molecular weight is 496 g/mol. The van der Waals surface area contributed by atoms with Gasteiger partial charge in [0, 0.05) is 32.7 Å². The van der Waals surface area contributed by atoms with E-state index in [1.807, 2.05) is 32.0 Å². The number of nitrogens with one attached hydrogen (secondary N) is 1. The standard InChI is InChI=1S/C25H41N3O5S/c1-5-32-23-10-9-21(15-24(23)33-6-2)11-12-26-25(29)22-8-7-13-27(18-22)34(30,31)28-16-19(3)14-20(4)17-28/h9-10,15,19-20,22H,5-8,11-14,16-18H2,1-4H3,(H,26,29)/t19-,20-,22+/m0/s1. The quantitative estimate of drug-likeness (QED) is 0.539. The first-order chi connectivity index (χ1) is 16.2. The number of piperidine rings is 2. The first-order valence-corrected chi connectivity index (χ1v) is 14.1. The lowest BCUT2D eigenvalue weighted by Gasteiger charge is -2.39. The molecule has 192 valence electrons. The second kappa shape index (κ2) is 12.2. The van der Waals surface area contributed by atoms with E-state index in [1.165, 1.54) is 4.31 Å². The molecule has 2 heterocycles. The fraction of sp³-hybridized carbons (Fsp3) is 0.720. The fourth-order valence-electron chi connectivity index (χ4n) is 5.05. The molecule has 34 heavy (non-hydrogen) atoms. The molecule has 8 nitrogen and oxygen atoms in total. The first kappa shape index (κ1) is 26.8. The van der Waals surface area contributed by atoms with Gasteiger partial charge >= 0.3 is 0 Å². The molecule has 3 atom stereocenters. The molecule has 2 saturated heterocycles. The molecule has 1 amide bonds. The van der Waals surface area contributed by atoms with Crippen LogP contribution < -0.4 is 14.8 Å². The van der Waals surface area contributed by atoms with Gasteiger partial charge in [0.25, 0.3) is 10.2 Å². The molecular formula is C25H41N3O5S. The molecule has 0 spiro atoms. The van der Waals surface area contributed by atoms with Crippen LogP contribution in [0.15, 0.2) is 18.2 Å². The summed E-state index contributed by atoms with van der Waals surface area (Å²) in [5.41, 5.74) is 1.05. The molecule has 0 saturated carbocycles. The van der Waals surface area contributed by atoms with Crippen molar-refractivity contribution in [2.45, 2.75) is 53.4 Å². The van der Waals surface area contributed by atoms with Gasteiger partial charge in [0.1, 0.15) is 0 Å². The summed E-state index contributed by atoms with van der Waals surface area (Å²) in [4.78, 5) is 12.9. The molecule has 1 N–H and O–H groups in total. The monoisotopic (exact) mass is 495 g/mol. The molecule has 2 fully saturated rings. The van der Waals surface area contributed by atoms with Gasteiger partial charge in [-0.2, -0.15) is 17.0 Å². The van der Waals surface area contributed by atoms with Crippen LogP contribution in [0.5, 0.6) is 11.5 Å². The van der Waals surface area contributed by atoms with Gasteiger partial charge in [0.05, 0.1) is 19.1 Å². The van der Waals surface area contributed by atoms with Crippen molar-refractivity contribution >= 4 is 16.1 Å². The molecule has 0 bridgehead atoms. The first-order valence-electron chi connectivity index (χ1n) is 12.7. The summed E-state index contributed by atoms with van der Waals surface area (Å²) in [6, 6.07) is 5.84. The van der Waals surface area contributed by atoms with Crippen molar-refractivity contribution in [3.05, 3.63) is 23.8 Å². The molecule has 3 rings (SSSR count). The fourth-order valence-corrected chi connectivity index (χ4v) is 6.99. The number of carbonyl (C=O) groups is 1. The second-order valence-corrected chi connectivity index (χ2v) is 11.6. The van der Waals surface area contributed by atoms with Gasteiger partial charge in [-0.1, -0.05) is 19.9 Å². The van der Waals surface area contributed by atoms with Gasteiger partial charge in [0.15, 0.2) is 11.5 Å². The van der Waals surface area contributed by atoms with Crippen LogP contribution >= 0.6 is 0 Å². The van der Waals surface area contributed by atoms with Crippen LogP contribution in [0.3, 0.4) is 0 Å². The third-order valence-electron chi connectivity index (χ3n) is 6.56. The topological polar surface area (TPSA) is 88.2 Å². The van der Waals surface area contributed by atoms with Crippen molar-refractivity contribution in [1.82, 2.24) is 13.9 Å². The number of amides is 1. The number of carbonyl (C=O) groups excluding carboxylic acids is 1. The maximum absolute atomic E-state index is 13.3. The van der Waals surface area contributed by atoms with E-state index >= 15 is 0 Å². The lowest BCUT2D eigenvalue weighted by Crippen LogP contribution is -2.53. The number of benzene rings is 1. The van der Waals surface area contributed by atoms with Crippen LogP contribution in [0.4, 0.5) is 0 Å². The Labute approximate surface area is 205 Å². The van der Waals surface area contributed by atoms with Gasteiger partial charge in [-0.3, -0.25) is 4.79 Å². The van der Waals surface area contributed by atoms with Crippen LogP contribution in [-0.4, -0.2) is 68.9 Å². The maximum Gasteiger partial charge on any atom is 0.282 e. The molecule has 9 heteroatoms. The van der Waals surface area contributed by atoms with Crippen molar-refractivity contribution in [1.29, 1.82) is 0 Å². The number of ether oxygens (including phenoxy) is 2. The van der Waals surface area contributed by atoms with E-state index in [4.69, 9.17) is 9.47 Å². The highest BCUT2D eigenvalue weighted by Crippen LogP contribution is 2.29. The Hall–Kier alpha value is -1.84. The normalized spacial score (nSPS) is 24.5. The number of hydrogen-bond acceptors (Lipinski definition) is 5. The van der Waals surface area contributed by atoms with Crippen molar-refractivity contribution in [2.75, 3.05) is 45.9 Å². The Kier molecular flexibility index (Phi) is 9.62. The van der Waals surface area contributed by atoms with Crippen LogP contribution in [0.2, 0.25) is 0 Å². The highest BCUT2D eigenvalue weighted by atomic mass is 32.2. The molecular weight excluding hydrogens is 454 g/mol. The molecule has 2 aliphatic rings. The summed E-state index contributed by atoms with van der Waals surface area (Å²) in [5, 5.41) is 3.01. The zero-order valence-corrected chi connectivity index (χ0v) is 21.9. The minimum atomic E-state index is -3.54. The zero-order chi connectivity index (χ0) is 24.7. The van der Waals surface area contributed by atoms with E-state index in [0.29, 0.717) is 76.2 Å². The number of hydrogen-bond donors (Lipinski definition) is 1. The third kappa shape index (κ3) is 6.86. The van der Waals surface area contributed by atoms with Gasteiger partial charge in [0.2, 0.25) is 5.91 Å². The van der Waals surface area contributed by atoms with Crippen molar-refractivity contribution in [2.24, 2.45) is 17.8 Å². The Bertz CT molecular complexity index is 913. The van der Waals surface area contributed by atoms with E-state index in [2.05, 4.69) is 19.2 Å². The van der Waals surface area contributed by atoms with Crippen LogP contribution in [-0.2, 0) is 21.4 Å². The Morgan fingerprint density at radius 1 is 1.03 bits per heavy atom. The predicted octanol–water partition coefficient (Wildman–Crippen LogP) is 3.08.